The lowest BCUT2D eigenvalue weighted by atomic mass is 9.99. The Kier molecular flexibility index (Phi) is 4.05. The maximum absolute atomic E-state index is 12.7. The van der Waals surface area contributed by atoms with Gasteiger partial charge < -0.3 is 10.2 Å². The average Bonchev–Trinajstić information content (AvgIpc) is 2.70. The Morgan fingerprint density at radius 1 is 1.10 bits per heavy atom. The molecule has 0 saturated carbocycles. The molecule has 1 aromatic carbocycles. The van der Waals surface area contributed by atoms with E-state index in [9.17, 15) is 4.79 Å². The molecule has 0 radical (unpaired) electrons. The van der Waals surface area contributed by atoms with Crippen molar-refractivity contribution in [3.8, 4) is 0 Å². The third-order valence-corrected chi connectivity index (χ3v) is 4.15. The molecule has 0 unspecified atom stereocenters. The third kappa shape index (κ3) is 2.87. The van der Waals surface area contributed by atoms with Crippen molar-refractivity contribution in [1.82, 2.24) is 10.2 Å². The molecule has 0 bridgehead atoms. The predicted octanol–water partition coefficient (Wildman–Crippen LogP) is 2.49. The number of hydrogen-bond acceptors (Lipinski definition) is 3. The van der Waals surface area contributed by atoms with E-state index in [0.29, 0.717) is 6.42 Å². The molecule has 1 saturated heterocycles. The highest BCUT2D eigenvalue weighted by Gasteiger charge is 2.24. The molecule has 3 rings (SSSR count). The van der Waals surface area contributed by atoms with Gasteiger partial charge in [-0.25, -0.2) is 0 Å². The van der Waals surface area contributed by atoms with Crippen LogP contribution in [0.3, 0.4) is 0 Å². The summed E-state index contributed by atoms with van der Waals surface area (Å²) in [5, 5.41) is 3.46. The second-order valence-corrected chi connectivity index (χ2v) is 5.64. The van der Waals surface area contributed by atoms with Crippen molar-refractivity contribution in [1.29, 1.82) is 0 Å². The smallest absolute Gasteiger partial charge is 0.166 e. The summed E-state index contributed by atoms with van der Waals surface area (Å²) in [7, 11) is 0. The van der Waals surface area contributed by atoms with Gasteiger partial charge in [-0.1, -0.05) is 30.3 Å². The first-order valence-electron chi connectivity index (χ1n) is 7.64. The fourth-order valence-electron chi connectivity index (χ4n) is 3.10. The van der Waals surface area contributed by atoms with Gasteiger partial charge in [-0.05, 0) is 31.2 Å². The molecule has 1 fully saturated rings. The predicted molar refractivity (Wildman–Crippen MR) is 80.2 cm³/mol. The first kappa shape index (κ1) is 13.2. The molecular weight excluding hydrogens is 248 g/mol. The Balaban J connectivity index is 1.82. The molecule has 0 aromatic heterocycles. The lowest BCUT2D eigenvalue weighted by molar-refractivity contribution is -0.115. The molecule has 0 atom stereocenters. The summed E-state index contributed by atoms with van der Waals surface area (Å²) < 4.78 is 0. The fourth-order valence-corrected chi connectivity index (χ4v) is 3.10. The highest BCUT2D eigenvalue weighted by Crippen LogP contribution is 2.24. The molecule has 20 heavy (non-hydrogen) atoms. The van der Waals surface area contributed by atoms with Crippen molar-refractivity contribution in [2.75, 3.05) is 19.6 Å². The maximum Gasteiger partial charge on any atom is 0.166 e. The van der Waals surface area contributed by atoms with Crippen LogP contribution in [-0.2, 0) is 11.2 Å². The molecule has 0 spiro atoms. The molecule has 1 N–H and O–H groups in total. The zero-order chi connectivity index (χ0) is 13.8. The van der Waals surface area contributed by atoms with Crippen LogP contribution in [0.15, 0.2) is 41.7 Å². The first-order chi connectivity index (χ1) is 9.84. The van der Waals surface area contributed by atoms with Gasteiger partial charge in [0.1, 0.15) is 5.82 Å². The molecule has 2 heterocycles. The van der Waals surface area contributed by atoms with E-state index >= 15 is 0 Å². The van der Waals surface area contributed by atoms with Crippen molar-refractivity contribution in [2.45, 2.75) is 32.1 Å². The Bertz CT molecular complexity index is 507. The molecule has 106 valence electrons. The number of Topliss-reactive ketones (excluding diaryl/α,β-unsaturated/α-hetero) is 1. The molecule has 0 amide bonds. The second kappa shape index (κ2) is 6.12. The van der Waals surface area contributed by atoms with Gasteiger partial charge in [-0.2, -0.15) is 0 Å². The Morgan fingerprint density at radius 3 is 2.75 bits per heavy atom. The topological polar surface area (TPSA) is 32.3 Å². The van der Waals surface area contributed by atoms with Crippen LogP contribution in [0.5, 0.6) is 0 Å². The van der Waals surface area contributed by atoms with Crippen molar-refractivity contribution in [2.24, 2.45) is 0 Å². The van der Waals surface area contributed by atoms with E-state index in [1.807, 2.05) is 30.3 Å². The van der Waals surface area contributed by atoms with Gasteiger partial charge in [0.05, 0.1) is 0 Å². The number of rotatable bonds is 3. The zero-order valence-electron chi connectivity index (χ0n) is 11.9. The van der Waals surface area contributed by atoms with Gasteiger partial charge in [-0.3, -0.25) is 4.79 Å². The van der Waals surface area contributed by atoms with E-state index in [-0.39, 0.29) is 5.78 Å². The second-order valence-electron chi connectivity index (χ2n) is 5.64. The van der Waals surface area contributed by atoms with Gasteiger partial charge in [0.25, 0.3) is 0 Å². The average molecular weight is 270 g/mol. The van der Waals surface area contributed by atoms with E-state index in [4.69, 9.17) is 0 Å². The van der Waals surface area contributed by atoms with Crippen LogP contribution in [0.1, 0.15) is 31.2 Å². The minimum atomic E-state index is 0.285. The van der Waals surface area contributed by atoms with Crippen molar-refractivity contribution in [3.63, 3.8) is 0 Å². The van der Waals surface area contributed by atoms with Crippen LogP contribution >= 0.6 is 0 Å². The van der Waals surface area contributed by atoms with Crippen LogP contribution in [-0.4, -0.2) is 30.3 Å². The highest BCUT2D eigenvalue weighted by molar-refractivity contribution is 5.97. The van der Waals surface area contributed by atoms with Crippen molar-refractivity contribution in [3.05, 3.63) is 47.3 Å². The Hall–Kier alpha value is -1.77. The molecule has 2 aliphatic rings. The van der Waals surface area contributed by atoms with E-state index < -0.39 is 0 Å². The number of ketones is 1. The molecule has 2 aliphatic heterocycles. The number of allylic oxidation sites excluding steroid dienone is 1. The summed E-state index contributed by atoms with van der Waals surface area (Å²) in [4.78, 5) is 15.0. The summed E-state index contributed by atoms with van der Waals surface area (Å²) in [6, 6.07) is 10.1. The Morgan fingerprint density at radius 2 is 1.90 bits per heavy atom. The number of benzene rings is 1. The largest absolute Gasteiger partial charge is 0.371 e. The summed E-state index contributed by atoms with van der Waals surface area (Å²) >= 11 is 0. The van der Waals surface area contributed by atoms with Crippen LogP contribution in [0.4, 0.5) is 0 Å². The summed E-state index contributed by atoms with van der Waals surface area (Å²) in [6.07, 6.45) is 4.92. The van der Waals surface area contributed by atoms with Crippen LogP contribution in [0.25, 0.3) is 0 Å². The zero-order valence-corrected chi connectivity index (χ0v) is 11.9. The number of fused-ring (bicyclic) bond motifs is 1. The van der Waals surface area contributed by atoms with Crippen LogP contribution in [0, 0.1) is 0 Å². The minimum Gasteiger partial charge on any atom is -0.371 e. The number of hydrogen-bond donors (Lipinski definition) is 1. The first-order valence-corrected chi connectivity index (χ1v) is 7.64. The van der Waals surface area contributed by atoms with E-state index in [2.05, 4.69) is 10.2 Å². The standard InChI is InChI=1S/C17H22N2O/c20-16(13-14-7-2-1-3-8-14)15-9-4-5-11-19-12-6-10-18-17(15)19/h1-3,7-8,18H,4-6,9-13H2. The molecule has 3 heteroatoms. The Labute approximate surface area is 120 Å². The van der Waals surface area contributed by atoms with E-state index in [1.54, 1.807) is 0 Å². The SMILES string of the molecule is O=C(Cc1ccccc1)C1=C2NCCCN2CCCC1. The fraction of sp³-hybridized carbons (Fsp3) is 0.471. The number of nitrogens with zero attached hydrogens (tertiary/aromatic N) is 1. The van der Waals surface area contributed by atoms with Gasteiger partial charge in [0, 0.05) is 31.6 Å². The van der Waals surface area contributed by atoms with Crippen LogP contribution < -0.4 is 5.32 Å². The van der Waals surface area contributed by atoms with Gasteiger partial charge >= 0.3 is 0 Å². The maximum atomic E-state index is 12.7. The van der Waals surface area contributed by atoms with E-state index in [1.165, 1.54) is 12.8 Å². The van der Waals surface area contributed by atoms with Gasteiger partial charge in [-0.15, -0.1) is 0 Å². The van der Waals surface area contributed by atoms with Crippen LogP contribution in [0.2, 0.25) is 0 Å². The molecule has 3 nitrogen and oxygen atoms in total. The summed E-state index contributed by atoms with van der Waals surface area (Å²) in [6.45, 7) is 3.17. The monoisotopic (exact) mass is 270 g/mol. The highest BCUT2D eigenvalue weighted by atomic mass is 16.1. The van der Waals surface area contributed by atoms with Gasteiger partial charge in [0.2, 0.25) is 0 Å². The number of nitrogens with one attached hydrogen (secondary N) is 1. The molecule has 0 aliphatic carbocycles. The van der Waals surface area contributed by atoms with Crippen molar-refractivity contribution >= 4 is 5.78 Å². The summed E-state index contributed by atoms with van der Waals surface area (Å²) in [5.74, 6) is 1.40. The number of carbonyl (C=O) groups excluding carboxylic acids is 1. The molecular formula is C17H22N2O. The lowest BCUT2D eigenvalue weighted by Gasteiger charge is -2.33. The lowest BCUT2D eigenvalue weighted by Crippen LogP contribution is -2.40. The minimum absolute atomic E-state index is 0.285. The van der Waals surface area contributed by atoms with E-state index in [0.717, 1.165) is 49.4 Å². The van der Waals surface area contributed by atoms with Crippen molar-refractivity contribution < 1.29 is 4.79 Å². The summed E-state index contributed by atoms with van der Waals surface area (Å²) in [5.41, 5.74) is 2.13. The molecule has 1 aromatic rings. The quantitative estimate of drug-likeness (QED) is 0.916. The third-order valence-electron chi connectivity index (χ3n) is 4.15. The van der Waals surface area contributed by atoms with Gasteiger partial charge in [0.15, 0.2) is 5.78 Å². The normalized spacial score (nSPS) is 19.1. The number of carbonyl (C=O) groups is 1.